The minimum absolute atomic E-state index is 0.308. The number of hydrogen-bond donors (Lipinski definition) is 1. The number of anilines is 1. The van der Waals surface area contributed by atoms with Crippen molar-refractivity contribution in [2.24, 2.45) is 0 Å². The number of fused-ring (bicyclic) bond motifs is 1. The molecule has 0 radical (unpaired) electrons. The molecule has 1 aliphatic heterocycles. The molecule has 8 heteroatoms. The van der Waals surface area contributed by atoms with Crippen LogP contribution in [0, 0.1) is 6.92 Å². The van der Waals surface area contributed by atoms with E-state index in [1.54, 1.807) is 23.4 Å². The zero-order valence-electron chi connectivity index (χ0n) is 17.6. The number of carbonyl (C=O) groups excluding carboxylic acids is 1. The van der Waals surface area contributed by atoms with Crippen LogP contribution in [0.1, 0.15) is 36.6 Å². The van der Waals surface area contributed by atoms with Gasteiger partial charge in [0.2, 0.25) is 11.1 Å². The highest BCUT2D eigenvalue weighted by atomic mass is 79.9. The average Bonchev–Trinajstić information content (AvgIpc) is 3.14. The number of hydrogen-bond acceptors (Lipinski definition) is 6. The first kappa shape index (κ1) is 21.6. The lowest BCUT2D eigenvalue weighted by Crippen LogP contribution is -2.29. The SMILES string of the molecule is CCOC(=O)C1=C(C)Nc2nc(SCc3ccccc3C)nn2[C@@H]1c1cccc(Br)c1. The van der Waals surface area contributed by atoms with E-state index in [2.05, 4.69) is 45.3 Å². The summed E-state index contributed by atoms with van der Waals surface area (Å²) in [6.45, 7) is 6.09. The van der Waals surface area contributed by atoms with Crippen LogP contribution in [0.2, 0.25) is 0 Å². The molecular formula is C23H23BrN4O2S. The van der Waals surface area contributed by atoms with Crippen molar-refractivity contribution in [2.75, 3.05) is 11.9 Å². The average molecular weight is 499 g/mol. The summed E-state index contributed by atoms with van der Waals surface area (Å²) in [5, 5.41) is 8.65. The van der Waals surface area contributed by atoms with E-state index < -0.39 is 6.04 Å². The number of esters is 1. The highest BCUT2D eigenvalue weighted by molar-refractivity contribution is 9.10. The Balaban J connectivity index is 1.71. The Labute approximate surface area is 194 Å². The van der Waals surface area contributed by atoms with Gasteiger partial charge in [0, 0.05) is 15.9 Å². The quantitative estimate of drug-likeness (QED) is 0.357. The van der Waals surface area contributed by atoms with Crippen LogP contribution in [0.15, 0.2) is 69.4 Å². The second-order valence-electron chi connectivity index (χ2n) is 7.22. The van der Waals surface area contributed by atoms with E-state index in [9.17, 15) is 4.79 Å². The normalized spacial score (nSPS) is 15.4. The number of aromatic nitrogens is 3. The Bertz CT molecular complexity index is 1160. The summed E-state index contributed by atoms with van der Waals surface area (Å²) in [6, 6.07) is 15.8. The Morgan fingerprint density at radius 1 is 1.23 bits per heavy atom. The molecule has 1 aliphatic rings. The van der Waals surface area contributed by atoms with Gasteiger partial charge in [0.15, 0.2) is 0 Å². The number of rotatable bonds is 6. The third-order valence-electron chi connectivity index (χ3n) is 5.11. The van der Waals surface area contributed by atoms with E-state index in [4.69, 9.17) is 9.84 Å². The van der Waals surface area contributed by atoms with Gasteiger partial charge in [0.25, 0.3) is 0 Å². The number of nitrogens with one attached hydrogen (secondary N) is 1. The minimum Gasteiger partial charge on any atom is -0.463 e. The summed E-state index contributed by atoms with van der Waals surface area (Å²) < 4.78 is 8.07. The summed E-state index contributed by atoms with van der Waals surface area (Å²) >= 11 is 5.11. The third kappa shape index (κ3) is 4.55. The molecule has 3 aromatic rings. The highest BCUT2D eigenvalue weighted by Gasteiger charge is 2.35. The summed E-state index contributed by atoms with van der Waals surface area (Å²) in [4.78, 5) is 17.5. The monoisotopic (exact) mass is 498 g/mol. The van der Waals surface area contributed by atoms with Crippen molar-refractivity contribution in [1.29, 1.82) is 0 Å². The fourth-order valence-corrected chi connectivity index (χ4v) is 4.89. The van der Waals surface area contributed by atoms with E-state index in [0.717, 1.165) is 21.5 Å². The number of carbonyl (C=O) groups is 1. The Morgan fingerprint density at radius 3 is 2.77 bits per heavy atom. The molecule has 2 aromatic carbocycles. The van der Waals surface area contributed by atoms with Gasteiger partial charge < -0.3 is 10.1 Å². The molecule has 0 aliphatic carbocycles. The van der Waals surface area contributed by atoms with Gasteiger partial charge in [-0.25, -0.2) is 9.48 Å². The van der Waals surface area contributed by atoms with Crippen LogP contribution in [0.25, 0.3) is 0 Å². The largest absolute Gasteiger partial charge is 0.463 e. The first-order valence-corrected chi connectivity index (χ1v) is 11.8. The van der Waals surface area contributed by atoms with Crippen molar-refractivity contribution >= 4 is 39.6 Å². The van der Waals surface area contributed by atoms with Gasteiger partial charge in [-0.1, -0.05) is 64.1 Å². The number of benzene rings is 2. The van der Waals surface area contributed by atoms with Gasteiger partial charge in [-0.2, -0.15) is 4.98 Å². The van der Waals surface area contributed by atoms with Crippen LogP contribution in [-0.4, -0.2) is 27.3 Å². The molecule has 1 atom stereocenters. The minimum atomic E-state index is -0.423. The van der Waals surface area contributed by atoms with Crippen LogP contribution in [0.5, 0.6) is 0 Å². The van der Waals surface area contributed by atoms with Crippen molar-refractivity contribution in [3.63, 3.8) is 0 Å². The lowest BCUT2D eigenvalue weighted by molar-refractivity contribution is -0.139. The second kappa shape index (κ2) is 9.28. The molecule has 0 amide bonds. The molecule has 2 heterocycles. The van der Waals surface area contributed by atoms with Crippen LogP contribution >= 0.6 is 27.7 Å². The molecule has 1 N–H and O–H groups in total. The standard InChI is InChI=1S/C23H23BrN4O2S/c1-4-30-21(29)19-15(3)25-22-26-23(31-13-17-9-6-5-8-14(17)2)27-28(22)20(19)16-10-7-11-18(24)12-16/h5-12,20H,4,13H2,1-3H3,(H,25,26,27)/t20-/m1/s1. The maximum atomic E-state index is 12.8. The summed E-state index contributed by atoms with van der Waals surface area (Å²) in [6.07, 6.45) is 0. The summed E-state index contributed by atoms with van der Waals surface area (Å²) in [5.74, 6) is 1.03. The predicted octanol–water partition coefficient (Wildman–Crippen LogP) is 5.49. The molecule has 0 saturated carbocycles. The van der Waals surface area contributed by atoms with E-state index in [1.165, 1.54) is 11.1 Å². The Morgan fingerprint density at radius 2 is 2.03 bits per heavy atom. The number of halogens is 1. The van der Waals surface area contributed by atoms with Crippen molar-refractivity contribution in [2.45, 2.75) is 37.7 Å². The molecule has 0 unspecified atom stereocenters. The number of allylic oxidation sites excluding steroid dienone is 1. The van der Waals surface area contributed by atoms with Gasteiger partial charge in [-0.3, -0.25) is 0 Å². The maximum absolute atomic E-state index is 12.8. The highest BCUT2D eigenvalue weighted by Crippen LogP contribution is 2.37. The number of aryl methyl sites for hydroxylation is 1. The van der Waals surface area contributed by atoms with Crippen LogP contribution in [-0.2, 0) is 15.3 Å². The molecule has 0 fully saturated rings. The first-order chi connectivity index (χ1) is 15.0. The lowest BCUT2D eigenvalue weighted by atomic mass is 9.96. The van der Waals surface area contributed by atoms with E-state index in [-0.39, 0.29) is 5.97 Å². The first-order valence-electron chi connectivity index (χ1n) is 10.0. The molecule has 160 valence electrons. The van der Waals surface area contributed by atoms with Crippen molar-refractivity contribution in [1.82, 2.24) is 14.8 Å². The smallest absolute Gasteiger partial charge is 0.338 e. The summed E-state index contributed by atoms with van der Waals surface area (Å²) in [5.41, 5.74) is 4.68. The lowest BCUT2D eigenvalue weighted by Gasteiger charge is -2.28. The van der Waals surface area contributed by atoms with Crippen LogP contribution in [0.3, 0.4) is 0 Å². The maximum Gasteiger partial charge on any atom is 0.338 e. The third-order valence-corrected chi connectivity index (χ3v) is 6.49. The molecule has 0 spiro atoms. The molecule has 0 saturated heterocycles. The van der Waals surface area contributed by atoms with Crippen molar-refractivity contribution in [3.8, 4) is 0 Å². The number of ether oxygens (including phenoxy) is 1. The number of thioether (sulfide) groups is 1. The molecule has 0 bridgehead atoms. The Kier molecular flexibility index (Phi) is 6.48. The Hall–Kier alpha value is -2.58. The zero-order valence-corrected chi connectivity index (χ0v) is 20.0. The van der Waals surface area contributed by atoms with E-state index >= 15 is 0 Å². The van der Waals surface area contributed by atoms with Crippen molar-refractivity contribution in [3.05, 3.63) is 81.0 Å². The van der Waals surface area contributed by atoms with Gasteiger partial charge >= 0.3 is 5.97 Å². The molecule has 31 heavy (non-hydrogen) atoms. The van der Waals surface area contributed by atoms with E-state index in [0.29, 0.717) is 23.3 Å². The second-order valence-corrected chi connectivity index (χ2v) is 9.08. The molecule has 4 rings (SSSR count). The molecule has 6 nitrogen and oxygen atoms in total. The van der Waals surface area contributed by atoms with Gasteiger partial charge in [0.05, 0.1) is 12.2 Å². The number of nitrogens with zero attached hydrogens (tertiary/aromatic N) is 3. The predicted molar refractivity (Wildman–Crippen MR) is 126 cm³/mol. The zero-order chi connectivity index (χ0) is 22.0. The van der Waals surface area contributed by atoms with Crippen LogP contribution in [0.4, 0.5) is 5.95 Å². The van der Waals surface area contributed by atoms with Gasteiger partial charge in [-0.15, -0.1) is 5.10 Å². The molecule has 1 aromatic heterocycles. The van der Waals surface area contributed by atoms with Gasteiger partial charge in [-0.05, 0) is 49.6 Å². The van der Waals surface area contributed by atoms with Crippen LogP contribution < -0.4 is 5.32 Å². The fraction of sp³-hybridized carbons (Fsp3) is 0.261. The van der Waals surface area contributed by atoms with Crippen molar-refractivity contribution < 1.29 is 9.53 Å². The van der Waals surface area contributed by atoms with Gasteiger partial charge in [0.1, 0.15) is 6.04 Å². The van der Waals surface area contributed by atoms with E-state index in [1.807, 2.05) is 43.3 Å². The topological polar surface area (TPSA) is 69.0 Å². The summed E-state index contributed by atoms with van der Waals surface area (Å²) in [7, 11) is 0. The molecular weight excluding hydrogens is 476 g/mol. The fourth-order valence-electron chi connectivity index (χ4n) is 3.56.